The van der Waals surface area contributed by atoms with E-state index in [2.05, 4.69) is 37.3 Å². The summed E-state index contributed by atoms with van der Waals surface area (Å²) in [4.78, 5) is 0. The van der Waals surface area contributed by atoms with Gasteiger partial charge in [-0.05, 0) is 13.0 Å². The average Bonchev–Trinajstić information content (AvgIpc) is 2.73. The molecule has 2 aromatic heterocycles. The van der Waals surface area contributed by atoms with Crippen molar-refractivity contribution in [2.24, 2.45) is 7.05 Å². The molecule has 0 fully saturated rings. The first-order chi connectivity index (χ1) is 8.24. The van der Waals surface area contributed by atoms with Crippen molar-refractivity contribution in [1.82, 2.24) is 0 Å². The number of rotatable bonds is 1. The average molecular weight is 351 g/mol. The third kappa shape index (κ3) is 2.27. The fourth-order valence-electron chi connectivity index (χ4n) is 2.05. The highest BCUT2D eigenvalue weighted by Gasteiger charge is 2.09. The minimum absolute atomic E-state index is 0. The number of nitrogens with zero attached hydrogens (tertiary/aromatic N) is 1. The Kier molecular flexibility index (Phi) is 3.71. The van der Waals surface area contributed by atoms with Crippen molar-refractivity contribution in [3.05, 3.63) is 54.6 Å². The first-order valence-corrected chi connectivity index (χ1v) is 5.67. The quantitative estimate of drug-likeness (QED) is 0.454. The van der Waals surface area contributed by atoms with Gasteiger partial charge >= 0.3 is 0 Å². The number of aryl methyl sites for hydroxylation is 2. The highest BCUT2D eigenvalue weighted by molar-refractivity contribution is 5.94. The Morgan fingerprint density at radius 1 is 1.06 bits per heavy atom. The zero-order valence-corrected chi connectivity index (χ0v) is 12.5. The van der Waals surface area contributed by atoms with E-state index in [-0.39, 0.29) is 24.0 Å². The maximum Gasteiger partial charge on any atom is 0.169 e. The van der Waals surface area contributed by atoms with Gasteiger partial charge in [0.15, 0.2) is 12.4 Å². The normalized spacial score (nSPS) is 10.3. The number of furan rings is 1. The lowest BCUT2D eigenvalue weighted by Gasteiger charge is -1.97. The third-order valence-electron chi connectivity index (χ3n) is 3.00. The molecule has 3 rings (SSSR count). The van der Waals surface area contributed by atoms with Crippen LogP contribution >= 0.6 is 0 Å². The number of benzene rings is 1. The first-order valence-electron chi connectivity index (χ1n) is 5.67. The van der Waals surface area contributed by atoms with Crippen LogP contribution in [0.15, 0.2) is 53.4 Å². The molecule has 0 saturated carbocycles. The lowest BCUT2D eigenvalue weighted by atomic mass is 10.1. The van der Waals surface area contributed by atoms with Gasteiger partial charge in [-0.1, -0.05) is 17.7 Å². The molecule has 0 radical (unpaired) electrons. The second-order valence-corrected chi connectivity index (χ2v) is 4.41. The summed E-state index contributed by atoms with van der Waals surface area (Å²) in [5.41, 5.74) is 2.37. The number of hydrogen-bond acceptors (Lipinski definition) is 1. The van der Waals surface area contributed by atoms with Crippen molar-refractivity contribution in [1.29, 1.82) is 0 Å². The predicted octanol–water partition coefficient (Wildman–Crippen LogP) is 0.237. The zero-order chi connectivity index (χ0) is 11.8. The fraction of sp³-hybridized carbons (Fsp3) is 0.133. The molecule has 2 heterocycles. The molecular weight excluding hydrogens is 337 g/mol. The van der Waals surface area contributed by atoms with Gasteiger partial charge in [0.05, 0.1) is 6.26 Å². The van der Waals surface area contributed by atoms with Gasteiger partial charge in [-0.2, -0.15) is 0 Å². The van der Waals surface area contributed by atoms with Gasteiger partial charge in [0, 0.05) is 28.5 Å². The zero-order valence-electron chi connectivity index (χ0n) is 10.4. The van der Waals surface area contributed by atoms with E-state index in [1.165, 1.54) is 10.9 Å². The largest absolute Gasteiger partial charge is 1.00 e. The molecule has 3 heteroatoms. The number of fused-ring (bicyclic) bond motifs is 1. The van der Waals surface area contributed by atoms with Gasteiger partial charge in [-0.15, -0.1) is 0 Å². The van der Waals surface area contributed by atoms with Gasteiger partial charge < -0.3 is 28.4 Å². The Morgan fingerprint density at radius 2 is 1.78 bits per heavy atom. The van der Waals surface area contributed by atoms with Crippen LogP contribution in [-0.2, 0) is 7.05 Å². The van der Waals surface area contributed by atoms with Crippen LogP contribution in [-0.4, -0.2) is 0 Å². The topological polar surface area (TPSA) is 17.0 Å². The van der Waals surface area contributed by atoms with E-state index < -0.39 is 0 Å². The van der Waals surface area contributed by atoms with Gasteiger partial charge in [0.2, 0.25) is 0 Å². The summed E-state index contributed by atoms with van der Waals surface area (Å²) in [5, 5.41) is 2.33. The van der Waals surface area contributed by atoms with Crippen molar-refractivity contribution in [2.45, 2.75) is 6.92 Å². The maximum atomic E-state index is 5.69. The van der Waals surface area contributed by atoms with Gasteiger partial charge in [-0.3, -0.25) is 0 Å². The molecule has 0 spiro atoms. The summed E-state index contributed by atoms with van der Waals surface area (Å²) in [6.07, 6.45) is 5.88. The highest BCUT2D eigenvalue weighted by Crippen LogP contribution is 2.30. The maximum absolute atomic E-state index is 5.69. The second kappa shape index (κ2) is 5.10. The molecule has 0 aliphatic carbocycles. The van der Waals surface area contributed by atoms with Crippen LogP contribution in [0.25, 0.3) is 22.1 Å². The minimum atomic E-state index is 0. The minimum Gasteiger partial charge on any atom is -1.00 e. The second-order valence-electron chi connectivity index (χ2n) is 4.41. The van der Waals surface area contributed by atoms with Gasteiger partial charge in [0.25, 0.3) is 0 Å². The molecule has 18 heavy (non-hydrogen) atoms. The molecule has 2 nitrogen and oxygen atoms in total. The van der Waals surface area contributed by atoms with Crippen LogP contribution in [0.5, 0.6) is 0 Å². The molecule has 3 aromatic rings. The molecule has 0 amide bonds. The molecule has 1 aromatic carbocycles. The molecule has 0 saturated heterocycles. The van der Waals surface area contributed by atoms with E-state index in [9.17, 15) is 0 Å². The van der Waals surface area contributed by atoms with Crippen LogP contribution in [0.1, 0.15) is 5.56 Å². The lowest BCUT2D eigenvalue weighted by Crippen LogP contribution is -3.00. The Balaban J connectivity index is 0.00000120. The number of aromatic nitrogens is 1. The molecular formula is C15H14INO. The number of pyridine rings is 1. The van der Waals surface area contributed by atoms with Gasteiger partial charge in [0.1, 0.15) is 12.8 Å². The molecule has 0 aliphatic heterocycles. The molecule has 92 valence electrons. The van der Waals surface area contributed by atoms with Crippen LogP contribution in [0.4, 0.5) is 0 Å². The predicted molar refractivity (Wildman–Crippen MR) is 67.6 cm³/mol. The Hall–Kier alpha value is -1.36. The summed E-state index contributed by atoms with van der Waals surface area (Å²) in [6.45, 7) is 2.09. The summed E-state index contributed by atoms with van der Waals surface area (Å²) in [6, 6.07) is 10.5. The van der Waals surface area contributed by atoms with Crippen molar-refractivity contribution in [2.75, 3.05) is 0 Å². The van der Waals surface area contributed by atoms with Crippen LogP contribution in [0.3, 0.4) is 0 Å². The third-order valence-corrected chi connectivity index (χ3v) is 3.00. The number of hydrogen-bond donors (Lipinski definition) is 0. The summed E-state index contributed by atoms with van der Waals surface area (Å²) in [5.74, 6) is 0.945. The molecule has 0 atom stereocenters. The molecule has 0 unspecified atom stereocenters. The van der Waals surface area contributed by atoms with E-state index in [1.54, 1.807) is 0 Å². The van der Waals surface area contributed by atoms with E-state index in [1.807, 2.05) is 30.3 Å². The van der Waals surface area contributed by atoms with E-state index in [4.69, 9.17) is 4.42 Å². The van der Waals surface area contributed by atoms with Crippen molar-refractivity contribution >= 4 is 10.8 Å². The van der Waals surface area contributed by atoms with E-state index in [0.717, 1.165) is 16.7 Å². The Labute approximate surface area is 123 Å². The van der Waals surface area contributed by atoms with Crippen molar-refractivity contribution in [3.8, 4) is 11.3 Å². The SMILES string of the molecule is Cc1ccc2c(-c3cc[n+](C)cc3)occ2c1.[I-]. The van der Waals surface area contributed by atoms with Crippen LogP contribution < -0.4 is 28.5 Å². The Morgan fingerprint density at radius 3 is 2.50 bits per heavy atom. The van der Waals surface area contributed by atoms with E-state index in [0.29, 0.717) is 0 Å². The van der Waals surface area contributed by atoms with E-state index >= 15 is 0 Å². The monoisotopic (exact) mass is 351 g/mol. The van der Waals surface area contributed by atoms with Crippen LogP contribution in [0.2, 0.25) is 0 Å². The summed E-state index contributed by atoms with van der Waals surface area (Å²) < 4.78 is 7.70. The lowest BCUT2D eigenvalue weighted by molar-refractivity contribution is -0.671. The summed E-state index contributed by atoms with van der Waals surface area (Å²) >= 11 is 0. The fourth-order valence-corrected chi connectivity index (χ4v) is 2.05. The van der Waals surface area contributed by atoms with Crippen molar-refractivity contribution in [3.63, 3.8) is 0 Å². The smallest absolute Gasteiger partial charge is 0.169 e. The Bertz CT molecular complexity index is 671. The standard InChI is InChI=1S/C15H14NO.HI/c1-11-3-4-14-13(9-11)10-17-15(14)12-5-7-16(2)8-6-12;/h3-10H,1-2H3;1H/q+1;/p-1. The molecule has 0 bridgehead atoms. The van der Waals surface area contributed by atoms with Gasteiger partial charge in [-0.25, -0.2) is 4.57 Å². The number of halogens is 1. The first kappa shape index (κ1) is 13.1. The molecule has 0 N–H and O–H groups in total. The van der Waals surface area contributed by atoms with Crippen LogP contribution in [0, 0.1) is 6.92 Å². The van der Waals surface area contributed by atoms with Crippen molar-refractivity contribution < 1.29 is 33.0 Å². The highest BCUT2D eigenvalue weighted by atomic mass is 127. The molecule has 0 aliphatic rings. The summed E-state index contributed by atoms with van der Waals surface area (Å²) in [7, 11) is 2.01.